The molecule has 2 aromatic carbocycles. The van der Waals surface area contributed by atoms with Crippen molar-refractivity contribution >= 4 is 17.4 Å². The highest BCUT2D eigenvalue weighted by atomic mass is 19.1. The van der Waals surface area contributed by atoms with E-state index in [-0.39, 0.29) is 5.69 Å². The molecular weight excluding hydrogens is 401 g/mol. The molecule has 2 heterocycles. The minimum Gasteiger partial charge on any atom is -0.457 e. The summed E-state index contributed by atoms with van der Waals surface area (Å²) < 4.78 is 24.9. The molecule has 0 spiro atoms. The monoisotopic (exact) mass is 419 g/mol. The largest absolute Gasteiger partial charge is 0.457 e. The highest BCUT2D eigenvalue weighted by Gasteiger charge is 2.14. The first-order chi connectivity index (χ1) is 15.0. The number of carbonyl (C=O) groups is 1. The molecule has 0 aliphatic rings. The van der Waals surface area contributed by atoms with Gasteiger partial charge >= 0.3 is 6.03 Å². The number of amides is 2. The van der Waals surface area contributed by atoms with Crippen LogP contribution < -0.4 is 15.0 Å². The van der Waals surface area contributed by atoms with Gasteiger partial charge < -0.3 is 14.5 Å². The number of rotatable bonds is 5. The van der Waals surface area contributed by atoms with Gasteiger partial charge in [-0.3, -0.25) is 9.88 Å². The highest BCUT2D eigenvalue weighted by Crippen LogP contribution is 2.27. The van der Waals surface area contributed by atoms with Crippen LogP contribution in [0.25, 0.3) is 11.6 Å². The number of urea groups is 1. The molecule has 0 radical (unpaired) electrons. The fraction of sp³-hybridized carbons (Fsp3) is 0.0909. The van der Waals surface area contributed by atoms with Crippen LogP contribution in [0.5, 0.6) is 11.5 Å². The predicted molar refractivity (Wildman–Crippen MR) is 113 cm³/mol. The SMILES string of the molecule is Cc1ccc(F)c(NC(=O)N(C)c2ccc(Oc3ccnc(-c4nnco4)c3)cc2)c1. The normalized spacial score (nSPS) is 10.5. The molecule has 8 nitrogen and oxygen atoms in total. The molecule has 0 aliphatic carbocycles. The van der Waals surface area contributed by atoms with Gasteiger partial charge in [-0.1, -0.05) is 6.07 Å². The van der Waals surface area contributed by atoms with Gasteiger partial charge in [-0.15, -0.1) is 10.2 Å². The van der Waals surface area contributed by atoms with E-state index in [9.17, 15) is 9.18 Å². The number of hydrogen-bond donors (Lipinski definition) is 1. The van der Waals surface area contributed by atoms with E-state index in [2.05, 4.69) is 20.5 Å². The van der Waals surface area contributed by atoms with Crippen LogP contribution in [0.15, 0.2) is 71.6 Å². The molecule has 4 aromatic rings. The van der Waals surface area contributed by atoms with Crippen molar-refractivity contribution in [3.63, 3.8) is 0 Å². The number of benzene rings is 2. The van der Waals surface area contributed by atoms with Crippen LogP contribution >= 0.6 is 0 Å². The standard InChI is InChI=1S/C22H18FN5O3/c1-14-3-8-18(23)19(11-14)26-22(29)28(2)15-4-6-16(7-5-15)31-17-9-10-24-20(12-17)21-27-25-13-30-21/h3-13H,1-2H3,(H,26,29). The average molecular weight is 419 g/mol. The molecule has 156 valence electrons. The topological polar surface area (TPSA) is 93.4 Å². The van der Waals surface area contributed by atoms with Crippen molar-refractivity contribution < 1.29 is 18.3 Å². The van der Waals surface area contributed by atoms with Crippen molar-refractivity contribution in [3.05, 3.63) is 78.6 Å². The number of pyridine rings is 1. The second kappa shape index (κ2) is 8.62. The summed E-state index contributed by atoms with van der Waals surface area (Å²) in [7, 11) is 1.60. The van der Waals surface area contributed by atoms with Crippen molar-refractivity contribution in [1.29, 1.82) is 0 Å². The third-order valence-electron chi connectivity index (χ3n) is 4.44. The average Bonchev–Trinajstić information content (AvgIpc) is 3.32. The van der Waals surface area contributed by atoms with Crippen molar-refractivity contribution in [2.24, 2.45) is 0 Å². The maximum atomic E-state index is 13.9. The lowest BCUT2D eigenvalue weighted by atomic mass is 10.2. The molecule has 0 unspecified atom stereocenters. The summed E-state index contributed by atoms with van der Waals surface area (Å²) in [5.74, 6) is 0.897. The first kappa shape index (κ1) is 20.0. The van der Waals surface area contributed by atoms with Crippen molar-refractivity contribution in [3.8, 4) is 23.1 Å². The molecule has 2 amide bonds. The molecule has 31 heavy (non-hydrogen) atoms. The summed E-state index contributed by atoms with van der Waals surface area (Å²) in [4.78, 5) is 18.0. The van der Waals surface area contributed by atoms with Gasteiger partial charge in [-0.25, -0.2) is 9.18 Å². The van der Waals surface area contributed by atoms with E-state index in [0.29, 0.717) is 28.8 Å². The molecule has 0 fully saturated rings. The maximum absolute atomic E-state index is 13.9. The molecule has 0 bridgehead atoms. The van der Waals surface area contributed by atoms with Crippen LogP contribution in [0.1, 0.15) is 5.56 Å². The van der Waals surface area contributed by atoms with Crippen LogP contribution in [-0.2, 0) is 0 Å². The summed E-state index contributed by atoms with van der Waals surface area (Å²) in [6.07, 6.45) is 2.80. The molecule has 0 saturated heterocycles. The van der Waals surface area contributed by atoms with Gasteiger partial charge in [0.1, 0.15) is 23.0 Å². The predicted octanol–water partition coefficient (Wildman–Crippen LogP) is 5.04. The lowest BCUT2D eigenvalue weighted by Gasteiger charge is -2.19. The molecule has 0 saturated carbocycles. The summed E-state index contributed by atoms with van der Waals surface area (Å²) in [6, 6.07) is 14.3. The van der Waals surface area contributed by atoms with E-state index in [1.165, 1.54) is 17.4 Å². The Labute approximate surface area is 177 Å². The van der Waals surface area contributed by atoms with Crippen LogP contribution in [-0.4, -0.2) is 28.3 Å². The van der Waals surface area contributed by atoms with Gasteiger partial charge in [-0.05, 0) is 55.0 Å². The van der Waals surface area contributed by atoms with Crippen LogP contribution in [0.2, 0.25) is 0 Å². The number of ether oxygens (including phenoxy) is 1. The molecule has 2 aromatic heterocycles. The Hall–Kier alpha value is -4.27. The van der Waals surface area contributed by atoms with Crippen molar-refractivity contribution in [2.45, 2.75) is 6.92 Å². The van der Waals surface area contributed by atoms with Crippen LogP contribution in [0, 0.1) is 12.7 Å². The first-order valence-corrected chi connectivity index (χ1v) is 9.31. The molecule has 9 heteroatoms. The fourth-order valence-corrected chi connectivity index (χ4v) is 2.80. The lowest BCUT2D eigenvalue weighted by Crippen LogP contribution is -2.31. The van der Waals surface area contributed by atoms with Gasteiger partial charge in [0, 0.05) is 25.0 Å². The minimum atomic E-state index is -0.492. The van der Waals surface area contributed by atoms with E-state index in [1.54, 1.807) is 61.8 Å². The summed E-state index contributed by atoms with van der Waals surface area (Å²) in [6.45, 7) is 1.82. The number of halogens is 1. The third kappa shape index (κ3) is 4.67. The molecule has 0 aliphatic heterocycles. The van der Waals surface area contributed by atoms with Crippen LogP contribution in [0.3, 0.4) is 0 Å². The van der Waals surface area contributed by atoms with Gasteiger partial charge in [0.15, 0.2) is 0 Å². The number of nitrogens with zero attached hydrogens (tertiary/aromatic N) is 4. The Kier molecular flexibility index (Phi) is 5.57. The van der Waals surface area contributed by atoms with E-state index >= 15 is 0 Å². The fourth-order valence-electron chi connectivity index (χ4n) is 2.80. The molecular formula is C22H18FN5O3. The van der Waals surface area contributed by atoms with Gasteiger partial charge in [-0.2, -0.15) is 0 Å². The second-order valence-corrected chi connectivity index (χ2v) is 6.69. The number of anilines is 2. The summed E-state index contributed by atoms with van der Waals surface area (Å²) in [5, 5.41) is 10.0. The van der Waals surface area contributed by atoms with Gasteiger partial charge in [0.25, 0.3) is 5.89 Å². The van der Waals surface area contributed by atoms with E-state index in [1.807, 2.05) is 6.92 Å². The van der Waals surface area contributed by atoms with E-state index < -0.39 is 11.8 Å². The van der Waals surface area contributed by atoms with Gasteiger partial charge in [0.05, 0.1) is 5.69 Å². The molecule has 4 rings (SSSR count). The zero-order chi connectivity index (χ0) is 21.8. The van der Waals surface area contributed by atoms with Gasteiger partial charge in [0.2, 0.25) is 6.39 Å². The Morgan fingerprint density at radius 1 is 1.10 bits per heavy atom. The Morgan fingerprint density at radius 3 is 2.65 bits per heavy atom. The smallest absolute Gasteiger partial charge is 0.326 e. The highest BCUT2D eigenvalue weighted by molar-refractivity contribution is 6.01. The molecule has 1 N–H and O–H groups in total. The second-order valence-electron chi connectivity index (χ2n) is 6.69. The van der Waals surface area contributed by atoms with Crippen LogP contribution in [0.4, 0.5) is 20.6 Å². The minimum absolute atomic E-state index is 0.131. The summed E-state index contributed by atoms with van der Waals surface area (Å²) >= 11 is 0. The van der Waals surface area contributed by atoms with E-state index in [4.69, 9.17) is 9.15 Å². The molecule has 0 atom stereocenters. The number of aryl methyl sites for hydroxylation is 1. The van der Waals surface area contributed by atoms with Crippen molar-refractivity contribution in [1.82, 2.24) is 15.2 Å². The quantitative estimate of drug-likeness (QED) is 0.487. The lowest BCUT2D eigenvalue weighted by molar-refractivity contribution is 0.258. The number of aromatic nitrogens is 3. The number of hydrogen-bond acceptors (Lipinski definition) is 6. The Balaban J connectivity index is 1.43. The Bertz CT molecular complexity index is 1200. The van der Waals surface area contributed by atoms with Crippen molar-refractivity contribution in [2.75, 3.05) is 17.3 Å². The zero-order valence-corrected chi connectivity index (χ0v) is 16.7. The maximum Gasteiger partial charge on any atom is 0.326 e. The Morgan fingerprint density at radius 2 is 1.90 bits per heavy atom. The third-order valence-corrected chi connectivity index (χ3v) is 4.44. The zero-order valence-electron chi connectivity index (χ0n) is 16.7. The number of carbonyl (C=O) groups excluding carboxylic acids is 1. The first-order valence-electron chi connectivity index (χ1n) is 9.31. The van der Waals surface area contributed by atoms with E-state index in [0.717, 1.165) is 5.56 Å². The number of nitrogens with one attached hydrogen (secondary N) is 1. The summed E-state index contributed by atoms with van der Waals surface area (Å²) in [5.41, 5.74) is 2.08.